The number of benzene rings is 1. The number of pyridine rings is 1. The topological polar surface area (TPSA) is 50.2 Å². The Balaban J connectivity index is 2.66. The molecule has 5 heteroatoms. The molecule has 1 aromatic carbocycles. The Kier molecular flexibility index (Phi) is 3.34. The van der Waals surface area contributed by atoms with Gasteiger partial charge in [0.1, 0.15) is 0 Å². The molecule has 1 N–H and O–H groups in total. The first kappa shape index (κ1) is 11.7. The van der Waals surface area contributed by atoms with Crippen molar-refractivity contribution in [1.29, 1.82) is 0 Å². The molecule has 1 heterocycles. The van der Waals surface area contributed by atoms with Crippen molar-refractivity contribution in [3.63, 3.8) is 0 Å². The lowest BCUT2D eigenvalue weighted by Crippen LogP contribution is -1.97. The van der Waals surface area contributed by atoms with Gasteiger partial charge in [-0.1, -0.05) is 0 Å². The monoisotopic (exact) mass is 345 g/mol. The van der Waals surface area contributed by atoms with E-state index in [1.165, 1.54) is 6.20 Å². The smallest absolute Gasteiger partial charge is 0.337 e. The number of rotatable bonds is 2. The summed E-state index contributed by atoms with van der Waals surface area (Å²) in [5.74, 6) is -0.946. The van der Waals surface area contributed by atoms with Gasteiger partial charge in [-0.05, 0) is 47.0 Å². The fourth-order valence-corrected chi connectivity index (χ4v) is 3.04. The van der Waals surface area contributed by atoms with Crippen LogP contribution in [0.2, 0.25) is 0 Å². The Bertz CT molecular complexity index is 571. The molecule has 0 saturated heterocycles. The number of hydrogen-bond donors (Lipinski definition) is 1. The highest BCUT2D eigenvalue weighted by Crippen LogP contribution is 2.27. The van der Waals surface area contributed by atoms with Gasteiger partial charge in [-0.15, -0.1) is 11.8 Å². The Morgan fingerprint density at radius 2 is 2.19 bits per heavy atom. The van der Waals surface area contributed by atoms with Gasteiger partial charge in [0, 0.05) is 20.0 Å². The lowest BCUT2D eigenvalue weighted by atomic mass is 10.1. The average molecular weight is 345 g/mol. The number of halogens is 1. The third kappa shape index (κ3) is 2.15. The van der Waals surface area contributed by atoms with Crippen LogP contribution in [0, 0.1) is 3.57 Å². The molecule has 2 aromatic rings. The zero-order chi connectivity index (χ0) is 11.7. The molecule has 0 unspecified atom stereocenters. The minimum Gasteiger partial charge on any atom is -0.478 e. The van der Waals surface area contributed by atoms with Gasteiger partial charge in [-0.25, -0.2) is 4.79 Å². The first-order valence-electron chi connectivity index (χ1n) is 4.48. The predicted octanol–water partition coefficient (Wildman–Crippen LogP) is 3.26. The van der Waals surface area contributed by atoms with Crippen LogP contribution in [0.3, 0.4) is 0 Å². The molecule has 0 amide bonds. The van der Waals surface area contributed by atoms with E-state index < -0.39 is 5.97 Å². The highest BCUT2D eigenvalue weighted by atomic mass is 127. The SMILES string of the molecule is CSc1cc2ncc(C(=O)O)cc2cc1I. The largest absolute Gasteiger partial charge is 0.478 e. The zero-order valence-electron chi connectivity index (χ0n) is 8.40. The highest BCUT2D eigenvalue weighted by molar-refractivity contribution is 14.1. The van der Waals surface area contributed by atoms with E-state index in [1.54, 1.807) is 17.8 Å². The highest BCUT2D eigenvalue weighted by Gasteiger charge is 2.07. The predicted molar refractivity (Wildman–Crippen MR) is 73.2 cm³/mol. The molecule has 0 aliphatic rings. The third-order valence-electron chi connectivity index (χ3n) is 2.20. The summed E-state index contributed by atoms with van der Waals surface area (Å²) in [5, 5.41) is 9.73. The molecule has 0 aliphatic carbocycles. The molecule has 0 aliphatic heterocycles. The summed E-state index contributed by atoms with van der Waals surface area (Å²) in [6, 6.07) is 5.59. The van der Waals surface area contributed by atoms with Crippen LogP contribution in [0.5, 0.6) is 0 Å². The van der Waals surface area contributed by atoms with E-state index in [1.807, 2.05) is 18.4 Å². The van der Waals surface area contributed by atoms with Crippen LogP contribution in [-0.4, -0.2) is 22.3 Å². The van der Waals surface area contributed by atoms with Crippen molar-refractivity contribution in [1.82, 2.24) is 4.98 Å². The maximum atomic E-state index is 10.8. The first-order chi connectivity index (χ1) is 7.61. The van der Waals surface area contributed by atoms with Gasteiger partial charge in [0.15, 0.2) is 0 Å². The van der Waals surface area contributed by atoms with Crippen LogP contribution < -0.4 is 0 Å². The summed E-state index contributed by atoms with van der Waals surface area (Å²) < 4.78 is 1.11. The second kappa shape index (κ2) is 4.58. The number of carboxylic acid groups (broad SMARTS) is 1. The number of fused-ring (bicyclic) bond motifs is 1. The zero-order valence-corrected chi connectivity index (χ0v) is 11.4. The van der Waals surface area contributed by atoms with Crippen molar-refractivity contribution >= 4 is 51.2 Å². The number of aromatic nitrogens is 1. The number of thioether (sulfide) groups is 1. The van der Waals surface area contributed by atoms with E-state index in [0.29, 0.717) is 0 Å². The van der Waals surface area contributed by atoms with Gasteiger partial charge >= 0.3 is 5.97 Å². The lowest BCUT2D eigenvalue weighted by Gasteiger charge is -2.04. The number of aromatic carboxylic acids is 1. The van der Waals surface area contributed by atoms with Crippen LogP contribution >= 0.6 is 34.4 Å². The summed E-state index contributed by atoms with van der Waals surface area (Å²) in [6.45, 7) is 0. The Morgan fingerprint density at radius 1 is 1.44 bits per heavy atom. The van der Waals surface area contributed by atoms with E-state index in [4.69, 9.17) is 5.11 Å². The van der Waals surface area contributed by atoms with Crippen molar-refractivity contribution in [2.24, 2.45) is 0 Å². The van der Waals surface area contributed by atoms with Crippen LogP contribution in [0.1, 0.15) is 10.4 Å². The van der Waals surface area contributed by atoms with Gasteiger partial charge in [0.25, 0.3) is 0 Å². The summed E-state index contributed by atoms with van der Waals surface area (Å²) in [5.41, 5.74) is 1.05. The van der Waals surface area contributed by atoms with Crippen molar-refractivity contribution < 1.29 is 9.90 Å². The second-order valence-corrected chi connectivity index (χ2v) is 5.22. The van der Waals surface area contributed by atoms with Crippen LogP contribution in [0.15, 0.2) is 29.3 Å². The maximum Gasteiger partial charge on any atom is 0.337 e. The van der Waals surface area contributed by atoms with Gasteiger partial charge in [-0.3, -0.25) is 4.98 Å². The molecule has 0 bridgehead atoms. The van der Waals surface area contributed by atoms with Crippen molar-refractivity contribution in [2.75, 3.05) is 6.26 Å². The molecule has 82 valence electrons. The average Bonchev–Trinajstić information content (AvgIpc) is 2.27. The van der Waals surface area contributed by atoms with E-state index in [9.17, 15) is 4.79 Å². The number of carboxylic acids is 1. The molecule has 1 aromatic heterocycles. The molecule has 0 spiro atoms. The van der Waals surface area contributed by atoms with E-state index in [-0.39, 0.29) is 5.56 Å². The van der Waals surface area contributed by atoms with Gasteiger partial charge in [0.05, 0.1) is 11.1 Å². The van der Waals surface area contributed by atoms with Gasteiger partial charge < -0.3 is 5.11 Å². The molecule has 0 saturated carbocycles. The molecule has 2 rings (SSSR count). The van der Waals surface area contributed by atoms with Crippen LogP contribution in [0.4, 0.5) is 0 Å². The molecule has 16 heavy (non-hydrogen) atoms. The summed E-state index contributed by atoms with van der Waals surface area (Å²) in [7, 11) is 0. The van der Waals surface area contributed by atoms with Crippen molar-refractivity contribution in [3.8, 4) is 0 Å². The molecule has 0 atom stereocenters. The first-order valence-corrected chi connectivity index (χ1v) is 6.79. The van der Waals surface area contributed by atoms with E-state index in [0.717, 1.165) is 19.4 Å². The minimum absolute atomic E-state index is 0.222. The summed E-state index contributed by atoms with van der Waals surface area (Å²) in [6.07, 6.45) is 3.40. The Labute approximate surface area is 110 Å². The standard InChI is InChI=1S/C11H8INO2S/c1-16-10-4-9-6(3-8(10)12)2-7(5-13-9)11(14)15/h2-5H,1H3,(H,14,15). The normalized spacial score (nSPS) is 10.6. The van der Waals surface area contributed by atoms with E-state index in [2.05, 4.69) is 27.6 Å². The third-order valence-corrected chi connectivity index (χ3v) is 4.24. The van der Waals surface area contributed by atoms with E-state index >= 15 is 0 Å². The molecule has 0 fully saturated rings. The number of nitrogens with zero attached hydrogens (tertiary/aromatic N) is 1. The molecular weight excluding hydrogens is 337 g/mol. The number of carbonyl (C=O) groups is 1. The van der Waals surface area contributed by atoms with Crippen LogP contribution in [0.25, 0.3) is 10.9 Å². The second-order valence-electron chi connectivity index (χ2n) is 3.21. The summed E-state index contributed by atoms with van der Waals surface area (Å²) >= 11 is 3.90. The fraction of sp³-hybridized carbons (Fsp3) is 0.0909. The molecule has 0 radical (unpaired) electrons. The summed E-state index contributed by atoms with van der Waals surface area (Å²) in [4.78, 5) is 16.1. The lowest BCUT2D eigenvalue weighted by molar-refractivity contribution is 0.0696. The quantitative estimate of drug-likeness (QED) is 0.671. The van der Waals surface area contributed by atoms with Gasteiger partial charge in [0.2, 0.25) is 0 Å². The Morgan fingerprint density at radius 3 is 2.81 bits per heavy atom. The van der Waals surface area contributed by atoms with Crippen molar-refractivity contribution in [3.05, 3.63) is 33.5 Å². The van der Waals surface area contributed by atoms with Crippen LogP contribution in [-0.2, 0) is 0 Å². The number of hydrogen-bond acceptors (Lipinski definition) is 3. The maximum absolute atomic E-state index is 10.8. The Hall–Kier alpha value is -0.820. The fourth-order valence-electron chi connectivity index (χ4n) is 1.40. The molecule has 3 nitrogen and oxygen atoms in total. The molecular formula is C11H8INO2S. The van der Waals surface area contributed by atoms with Gasteiger partial charge in [-0.2, -0.15) is 0 Å². The minimum atomic E-state index is -0.946. The van der Waals surface area contributed by atoms with Crippen molar-refractivity contribution in [2.45, 2.75) is 4.90 Å².